The summed E-state index contributed by atoms with van der Waals surface area (Å²) in [7, 11) is -8.34. The molecule has 1 saturated heterocycles. The molecule has 228 valence electrons. The number of rotatable bonds is 12. The molecule has 0 aliphatic carbocycles. The normalized spacial score (nSPS) is 16.6. The molecule has 11 nitrogen and oxygen atoms in total. The number of hydrogen-bond donors (Lipinski definition) is 2. The molecule has 1 aliphatic heterocycles. The van der Waals surface area contributed by atoms with Gasteiger partial charge in [0.05, 0.1) is 44.2 Å². The summed E-state index contributed by atoms with van der Waals surface area (Å²) in [6.07, 6.45) is -1.07. The molecule has 1 fully saturated rings. The fourth-order valence-corrected chi connectivity index (χ4v) is 8.97. The van der Waals surface area contributed by atoms with E-state index in [0.717, 1.165) is 5.56 Å². The van der Waals surface area contributed by atoms with Crippen molar-refractivity contribution in [1.82, 2.24) is 19.5 Å². The highest BCUT2D eigenvalue weighted by molar-refractivity contribution is 7.91. The summed E-state index contributed by atoms with van der Waals surface area (Å²) in [5.41, 5.74) is 9.65. The smallest absolute Gasteiger partial charge is 0.267 e. The van der Waals surface area contributed by atoms with E-state index in [1.54, 1.807) is 23.4 Å². The lowest BCUT2D eigenvalue weighted by Crippen LogP contribution is -2.55. The summed E-state index contributed by atoms with van der Waals surface area (Å²) < 4.78 is 55.3. The lowest BCUT2D eigenvalue weighted by Gasteiger charge is -2.34. The van der Waals surface area contributed by atoms with Crippen LogP contribution in [0.5, 0.6) is 0 Å². The van der Waals surface area contributed by atoms with E-state index in [4.69, 9.17) is 5.73 Å². The van der Waals surface area contributed by atoms with Gasteiger partial charge in [-0.3, -0.25) is 9.59 Å². The topological polar surface area (TPSA) is 160 Å². The molecule has 0 spiro atoms. The maximum absolute atomic E-state index is 14.0. The highest BCUT2D eigenvalue weighted by atomic mass is 32.2. The molecule has 42 heavy (non-hydrogen) atoms. The van der Waals surface area contributed by atoms with Gasteiger partial charge in [0.2, 0.25) is 11.8 Å². The van der Waals surface area contributed by atoms with E-state index in [0.29, 0.717) is 47.1 Å². The highest BCUT2D eigenvalue weighted by Crippen LogP contribution is 2.28. The van der Waals surface area contributed by atoms with Gasteiger partial charge in [0.15, 0.2) is 9.84 Å². The first-order chi connectivity index (χ1) is 19.9. The summed E-state index contributed by atoms with van der Waals surface area (Å²) in [5, 5.41) is 3.14. The van der Waals surface area contributed by atoms with Crippen molar-refractivity contribution < 1.29 is 26.4 Å². The van der Waals surface area contributed by atoms with Crippen LogP contribution in [0.4, 0.5) is 0 Å². The minimum Gasteiger partial charge on any atom is -0.340 e. The van der Waals surface area contributed by atoms with Crippen molar-refractivity contribution in [2.75, 3.05) is 37.7 Å². The average molecular weight is 636 g/mol. The minimum atomic E-state index is -4.47. The molecule has 2 amide bonds. The Hall–Kier alpha value is -2.91. The lowest BCUT2D eigenvalue weighted by atomic mass is 9.98. The van der Waals surface area contributed by atoms with Crippen LogP contribution in [0.2, 0.25) is 0 Å². The zero-order valence-corrected chi connectivity index (χ0v) is 26.1. The first kappa shape index (κ1) is 32.0. The van der Waals surface area contributed by atoms with Gasteiger partial charge in [0, 0.05) is 32.6 Å². The molecule has 3 N–H and O–H groups in total. The fourth-order valence-electron chi connectivity index (χ4n) is 4.94. The third-order valence-corrected chi connectivity index (χ3v) is 11.8. The van der Waals surface area contributed by atoms with Gasteiger partial charge in [0.1, 0.15) is 0 Å². The Balaban J connectivity index is 1.56. The highest BCUT2D eigenvalue weighted by Gasteiger charge is 2.40. The summed E-state index contributed by atoms with van der Waals surface area (Å²) >= 11 is 1.26. The van der Waals surface area contributed by atoms with Crippen molar-refractivity contribution in [3.8, 4) is 0 Å². The van der Waals surface area contributed by atoms with E-state index in [9.17, 15) is 26.4 Å². The van der Waals surface area contributed by atoms with E-state index in [1.165, 1.54) is 30.4 Å². The van der Waals surface area contributed by atoms with Gasteiger partial charge < -0.3 is 16.0 Å². The van der Waals surface area contributed by atoms with E-state index in [2.05, 4.69) is 10.3 Å². The second-order valence-corrected chi connectivity index (χ2v) is 15.6. The van der Waals surface area contributed by atoms with Gasteiger partial charge in [-0.15, -0.1) is 11.3 Å². The number of aromatic nitrogens is 1. The second kappa shape index (κ2) is 13.6. The predicted octanol–water partition coefficient (Wildman–Crippen LogP) is 1.85. The molecule has 0 bridgehead atoms. The van der Waals surface area contributed by atoms with Crippen LogP contribution in [0, 0.1) is 11.8 Å². The number of thiazole rings is 1. The van der Waals surface area contributed by atoms with Crippen LogP contribution in [-0.2, 0) is 35.9 Å². The molecule has 1 unspecified atom stereocenters. The predicted molar refractivity (Wildman–Crippen MR) is 163 cm³/mol. The standard InChI is InChI=1S/C28H37N5O6S3/c1-20(16-22-6-4-3-5-7-22)27(29)33(42(38,39)23-8-9-24-25(17-23)40-19-31-24)28(35)21(2)18-41(36,37)15-10-26(34)32-13-11-30-12-14-32/h3-9,17,19-21,27,30H,10-16,18,29H2,1-2H3/t20-,21?,27-/m0/s1. The molecule has 3 atom stereocenters. The van der Waals surface area contributed by atoms with Gasteiger partial charge >= 0.3 is 0 Å². The molecule has 0 saturated carbocycles. The molecule has 1 aromatic heterocycles. The summed E-state index contributed by atoms with van der Waals surface area (Å²) in [4.78, 5) is 32.0. The van der Waals surface area contributed by atoms with Gasteiger partial charge in [0.25, 0.3) is 10.0 Å². The molecule has 4 rings (SSSR count). The van der Waals surface area contributed by atoms with E-state index >= 15 is 0 Å². The molecule has 1 aliphatic rings. The molecule has 3 aromatic rings. The number of benzene rings is 2. The molecule has 0 radical (unpaired) electrons. The van der Waals surface area contributed by atoms with Crippen LogP contribution in [0.15, 0.2) is 58.9 Å². The Morgan fingerprint density at radius 2 is 1.76 bits per heavy atom. The summed E-state index contributed by atoms with van der Waals surface area (Å²) in [6.45, 7) is 5.44. The van der Waals surface area contributed by atoms with Crippen molar-refractivity contribution in [3.05, 3.63) is 59.6 Å². The number of carbonyl (C=O) groups is 2. The summed E-state index contributed by atoms with van der Waals surface area (Å²) in [5.74, 6) is -3.93. The van der Waals surface area contributed by atoms with Gasteiger partial charge in [-0.1, -0.05) is 44.2 Å². The quantitative estimate of drug-likeness (QED) is 0.283. The SMILES string of the molecule is CC(CS(=O)(=O)CCC(=O)N1CCNCC1)C(=O)N([C@H](N)[C@@H](C)Cc1ccccc1)S(=O)(=O)c1ccc2ncsc2c1. The molecule has 2 heterocycles. The first-order valence-electron chi connectivity index (χ1n) is 13.8. The van der Waals surface area contributed by atoms with Crippen LogP contribution in [0.25, 0.3) is 10.2 Å². The van der Waals surface area contributed by atoms with Crippen molar-refractivity contribution in [1.29, 1.82) is 0 Å². The lowest BCUT2D eigenvalue weighted by molar-refractivity contribution is -0.132. The van der Waals surface area contributed by atoms with Crippen LogP contribution in [0.3, 0.4) is 0 Å². The number of nitrogens with two attached hydrogens (primary N) is 1. The van der Waals surface area contributed by atoms with Gasteiger partial charge in [-0.2, -0.15) is 0 Å². The molecule has 14 heteroatoms. The maximum atomic E-state index is 14.0. The van der Waals surface area contributed by atoms with E-state index < -0.39 is 55.3 Å². The third kappa shape index (κ3) is 7.72. The molecular weight excluding hydrogens is 599 g/mol. The van der Waals surface area contributed by atoms with Crippen LogP contribution < -0.4 is 11.1 Å². The van der Waals surface area contributed by atoms with Crippen LogP contribution in [-0.4, -0.2) is 86.7 Å². The Labute approximate surface area is 251 Å². The van der Waals surface area contributed by atoms with Crippen molar-refractivity contribution in [2.24, 2.45) is 17.6 Å². The van der Waals surface area contributed by atoms with Crippen molar-refractivity contribution >= 4 is 53.2 Å². The van der Waals surface area contributed by atoms with Crippen molar-refractivity contribution in [2.45, 2.75) is 37.8 Å². The largest absolute Gasteiger partial charge is 0.340 e. The number of amides is 2. The number of nitrogens with one attached hydrogen (secondary N) is 1. The van der Waals surface area contributed by atoms with Crippen molar-refractivity contribution in [3.63, 3.8) is 0 Å². The van der Waals surface area contributed by atoms with E-state index in [-0.39, 0.29) is 17.2 Å². The number of nitrogens with zero attached hydrogens (tertiary/aromatic N) is 3. The zero-order valence-electron chi connectivity index (χ0n) is 23.7. The number of sulfonamides is 1. The Kier molecular flexibility index (Phi) is 10.4. The second-order valence-electron chi connectivity index (χ2n) is 10.7. The monoisotopic (exact) mass is 635 g/mol. The van der Waals surface area contributed by atoms with Gasteiger partial charge in [-0.05, 0) is 36.1 Å². The number of sulfone groups is 1. The molecule has 2 aromatic carbocycles. The number of piperazine rings is 1. The Morgan fingerprint density at radius 1 is 1.07 bits per heavy atom. The number of fused-ring (bicyclic) bond motifs is 1. The van der Waals surface area contributed by atoms with Crippen LogP contribution >= 0.6 is 11.3 Å². The zero-order chi connectivity index (χ0) is 30.5. The summed E-state index contributed by atoms with van der Waals surface area (Å²) in [6, 6.07) is 13.7. The number of hydrogen-bond acceptors (Lipinski definition) is 10. The van der Waals surface area contributed by atoms with E-state index in [1.807, 2.05) is 30.3 Å². The average Bonchev–Trinajstić information content (AvgIpc) is 3.45. The fraction of sp³-hybridized carbons (Fsp3) is 0.464. The first-order valence-corrected chi connectivity index (χ1v) is 17.9. The third-order valence-electron chi connectivity index (χ3n) is 7.35. The van der Waals surface area contributed by atoms with Gasteiger partial charge in [-0.25, -0.2) is 26.1 Å². The number of carbonyl (C=O) groups excluding carboxylic acids is 2. The minimum absolute atomic E-state index is 0.133. The van der Waals surface area contributed by atoms with Crippen LogP contribution in [0.1, 0.15) is 25.8 Å². The Bertz CT molecular complexity index is 1600. The Morgan fingerprint density at radius 3 is 2.45 bits per heavy atom. The molecular formula is C28H37N5O6S3. The maximum Gasteiger partial charge on any atom is 0.267 e.